The van der Waals surface area contributed by atoms with Crippen LogP contribution in [-0.2, 0) is 6.54 Å². The van der Waals surface area contributed by atoms with Crippen molar-refractivity contribution in [1.82, 2.24) is 10.2 Å². The molecule has 1 aliphatic rings. The number of halogens is 3. The highest BCUT2D eigenvalue weighted by atomic mass is 79.9. The van der Waals surface area contributed by atoms with Gasteiger partial charge in [0.25, 0.3) is 0 Å². The third kappa shape index (κ3) is 6.47. The summed E-state index contributed by atoms with van der Waals surface area (Å²) in [5.74, 6) is 1.27. The summed E-state index contributed by atoms with van der Waals surface area (Å²) in [6, 6.07) is 28.3. The fourth-order valence-electron chi connectivity index (χ4n) is 4.30. The number of benzene rings is 3. The van der Waals surface area contributed by atoms with E-state index < -0.39 is 0 Å². The minimum Gasteiger partial charge on any atom is -0.496 e. The average Bonchev–Trinajstić information content (AvgIpc) is 2.76. The second-order valence-electron chi connectivity index (χ2n) is 7.55. The molecule has 1 heterocycles. The van der Waals surface area contributed by atoms with E-state index in [4.69, 9.17) is 4.74 Å². The van der Waals surface area contributed by atoms with E-state index in [2.05, 4.69) is 92.9 Å². The van der Waals surface area contributed by atoms with Crippen LogP contribution in [0.25, 0.3) is 0 Å². The fourth-order valence-corrected chi connectivity index (χ4v) is 4.71. The lowest BCUT2D eigenvalue weighted by atomic mass is 9.84. The number of piperazine rings is 1. The van der Waals surface area contributed by atoms with Gasteiger partial charge in [0.1, 0.15) is 5.75 Å². The first-order chi connectivity index (χ1) is 14.2. The highest BCUT2D eigenvalue weighted by molar-refractivity contribution is 9.10. The van der Waals surface area contributed by atoms with E-state index >= 15 is 0 Å². The van der Waals surface area contributed by atoms with E-state index in [1.807, 2.05) is 12.1 Å². The van der Waals surface area contributed by atoms with Crippen LogP contribution in [0.2, 0.25) is 0 Å². The van der Waals surface area contributed by atoms with Crippen molar-refractivity contribution in [2.75, 3.05) is 26.7 Å². The smallest absolute Gasteiger partial charge is 0.123 e. The average molecular weight is 524 g/mol. The lowest BCUT2D eigenvalue weighted by Gasteiger charge is -2.38. The van der Waals surface area contributed by atoms with Crippen LogP contribution in [0, 0.1) is 0 Å². The van der Waals surface area contributed by atoms with Gasteiger partial charge in [-0.25, -0.2) is 0 Å². The van der Waals surface area contributed by atoms with E-state index in [0.29, 0.717) is 12.0 Å². The summed E-state index contributed by atoms with van der Waals surface area (Å²) in [6.07, 6.45) is 0. The molecule has 166 valence electrons. The molecule has 31 heavy (non-hydrogen) atoms. The van der Waals surface area contributed by atoms with Crippen LogP contribution in [0.1, 0.15) is 22.6 Å². The van der Waals surface area contributed by atoms with Crippen molar-refractivity contribution in [2.45, 2.75) is 18.5 Å². The van der Waals surface area contributed by atoms with E-state index in [9.17, 15) is 0 Å². The van der Waals surface area contributed by atoms with Gasteiger partial charge in [-0.1, -0.05) is 76.6 Å². The normalized spacial score (nSPS) is 16.3. The van der Waals surface area contributed by atoms with Crippen LogP contribution < -0.4 is 10.1 Å². The van der Waals surface area contributed by atoms with Crippen LogP contribution in [0.3, 0.4) is 0 Å². The minimum atomic E-state index is 0. The molecular formula is C25H29BrCl2N2O. The first-order valence-corrected chi connectivity index (χ1v) is 10.9. The highest BCUT2D eigenvalue weighted by Gasteiger charge is 2.29. The van der Waals surface area contributed by atoms with Gasteiger partial charge in [-0.05, 0) is 29.3 Å². The van der Waals surface area contributed by atoms with Crippen molar-refractivity contribution < 1.29 is 4.74 Å². The molecule has 1 saturated heterocycles. The topological polar surface area (TPSA) is 24.5 Å². The number of nitrogens with zero attached hydrogens (tertiary/aromatic N) is 1. The summed E-state index contributed by atoms with van der Waals surface area (Å²) in [7, 11) is 1.74. The number of hydrogen-bond acceptors (Lipinski definition) is 3. The predicted octanol–water partition coefficient (Wildman–Crippen LogP) is 5.91. The number of hydrogen-bond donors (Lipinski definition) is 1. The van der Waals surface area contributed by atoms with E-state index in [1.165, 1.54) is 16.7 Å². The summed E-state index contributed by atoms with van der Waals surface area (Å²) >= 11 is 3.60. The maximum atomic E-state index is 5.59. The summed E-state index contributed by atoms with van der Waals surface area (Å²) in [5, 5.41) is 3.79. The molecule has 1 aliphatic heterocycles. The van der Waals surface area contributed by atoms with Crippen LogP contribution in [0.5, 0.6) is 5.75 Å². The molecule has 0 saturated carbocycles. The Morgan fingerprint density at radius 3 is 2.16 bits per heavy atom. The number of nitrogens with one attached hydrogen (secondary N) is 1. The standard InChI is InChI=1S/C25H27BrN2O.2ClH/c1-29-24-13-12-22(26)16-21(24)17-28-15-14-27-23(18-28)25(19-8-4-2-5-9-19)20-10-6-3-7-11-20;;/h2-13,16,23,25,27H,14-15,17-18H2,1H3;2*1H. The molecule has 0 radical (unpaired) electrons. The SMILES string of the molecule is COc1ccc(Br)cc1CN1CCNC(C(c2ccccc2)c2ccccc2)C1.Cl.Cl. The predicted molar refractivity (Wildman–Crippen MR) is 137 cm³/mol. The molecule has 1 atom stereocenters. The molecular weight excluding hydrogens is 495 g/mol. The lowest BCUT2D eigenvalue weighted by molar-refractivity contribution is 0.182. The third-order valence-electron chi connectivity index (χ3n) is 5.65. The van der Waals surface area contributed by atoms with Gasteiger partial charge < -0.3 is 10.1 Å². The zero-order valence-electron chi connectivity index (χ0n) is 17.5. The molecule has 1 fully saturated rings. The highest BCUT2D eigenvalue weighted by Crippen LogP contribution is 2.31. The minimum absolute atomic E-state index is 0. The molecule has 4 rings (SSSR count). The molecule has 0 spiro atoms. The Balaban J connectivity index is 0.00000171. The second kappa shape index (κ2) is 12.5. The van der Waals surface area contributed by atoms with Crippen LogP contribution in [0.15, 0.2) is 83.3 Å². The summed E-state index contributed by atoms with van der Waals surface area (Å²) in [5.41, 5.74) is 3.94. The molecule has 0 bridgehead atoms. The maximum Gasteiger partial charge on any atom is 0.123 e. The zero-order chi connectivity index (χ0) is 20.1. The number of rotatable bonds is 6. The number of methoxy groups -OCH3 is 1. The molecule has 6 heteroatoms. The first kappa shape index (κ1) is 25.7. The fraction of sp³-hybridized carbons (Fsp3) is 0.280. The summed E-state index contributed by atoms with van der Waals surface area (Å²) < 4.78 is 6.68. The van der Waals surface area contributed by atoms with Crippen molar-refractivity contribution in [3.8, 4) is 5.75 Å². The van der Waals surface area contributed by atoms with Gasteiger partial charge in [0.15, 0.2) is 0 Å². The maximum absolute atomic E-state index is 5.59. The van der Waals surface area contributed by atoms with Gasteiger partial charge in [-0.2, -0.15) is 0 Å². The van der Waals surface area contributed by atoms with Crippen molar-refractivity contribution in [3.05, 3.63) is 100 Å². The summed E-state index contributed by atoms with van der Waals surface area (Å²) in [6.45, 7) is 3.89. The van der Waals surface area contributed by atoms with Crippen molar-refractivity contribution in [1.29, 1.82) is 0 Å². The molecule has 0 amide bonds. The Bertz CT molecular complexity index is 888. The quantitative estimate of drug-likeness (QED) is 0.434. The summed E-state index contributed by atoms with van der Waals surface area (Å²) in [4.78, 5) is 2.53. The van der Waals surface area contributed by atoms with Crippen LogP contribution in [0.4, 0.5) is 0 Å². The molecule has 3 nitrogen and oxygen atoms in total. The Kier molecular flexibility index (Phi) is 10.3. The molecule has 0 aromatic heterocycles. The zero-order valence-corrected chi connectivity index (χ0v) is 20.8. The van der Waals surface area contributed by atoms with Gasteiger partial charge in [-0.3, -0.25) is 4.90 Å². The lowest BCUT2D eigenvalue weighted by Crippen LogP contribution is -2.52. The van der Waals surface area contributed by atoms with Crippen LogP contribution >= 0.6 is 40.7 Å². The van der Waals surface area contributed by atoms with Gasteiger partial charge in [0, 0.05) is 48.2 Å². The monoisotopic (exact) mass is 522 g/mol. The Hall–Kier alpha value is -1.56. The van der Waals surface area contributed by atoms with Gasteiger partial charge in [0.05, 0.1) is 7.11 Å². The molecule has 1 N–H and O–H groups in total. The van der Waals surface area contributed by atoms with E-state index in [0.717, 1.165) is 36.4 Å². The van der Waals surface area contributed by atoms with E-state index in [-0.39, 0.29) is 24.8 Å². The van der Waals surface area contributed by atoms with Crippen molar-refractivity contribution in [2.24, 2.45) is 0 Å². The van der Waals surface area contributed by atoms with E-state index in [1.54, 1.807) is 7.11 Å². The van der Waals surface area contributed by atoms with Crippen LogP contribution in [-0.4, -0.2) is 37.7 Å². The molecule has 3 aromatic carbocycles. The molecule has 3 aromatic rings. The van der Waals surface area contributed by atoms with Gasteiger partial charge in [-0.15, -0.1) is 24.8 Å². The second-order valence-corrected chi connectivity index (χ2v) is 8.47. The third-order valence-corrected chi connectivity index (χ3v) is 6.14. The largest absolute Gasteiger partial charge is 0.496 e. The Morgan fingerprint density at radius 2 is 1.58 bits per heavy atom. The van der Waals surface area contributed by atoms with Gasteiger partial charge >= 0.3 is 0 Å². The molecule has 0 aliphatic carbocycles. The van der Waals surface area contributed by atoms with Gasteiger partial charge in [0.2, 0.25) is 0 Å². The first-order valence-electron chi connectivity index (χ1n) is 10.1. The van der Waals surface area contributed by atoms with Crippen molar-refractivity contribution >= 4 is 40.7 Å². The number of ether oxygens (including phenoxy) is 1. The Morgan fingerprint density at radius 1 is 0.968 bits per heavy atom. The van der Waals surface area contributed by atoms with Crippen molar-refractivity contribution in [3.63, 3.8) is 0 Å². The molecule has 1 unspecified atom stereocenters. The Labute approximate surface area is 206 Å².